The summed E-state index contributed by atoms with van der Waals surface area (Å²) in [5.41, 5.74) is 0. The van der Waals surface area contributed by atoms with Crippen molar-refractivity contribution >= 4 is 6.01 Å². The molecule has 2 aromatic rings. The van der Waals surface area contributed by atoms with E-state index in [0.717, 1.165) is 6.54 Å². The predicted octanol–water partition coefficient (Wildman–Crippen LogP) is 0.853. The van der Waals surface area contributed by atoms with Gasteiger partial charge in [0.05, 0.1) is 6.54 Å². The minimum absolute atomic E-state index is 0.407. The zero-order chi connectivity index (χ0) is 13.5. The van der Waals surface area contributed by atoms with Crippen LogP contribution in [-0.2, 0) is 13.0 Å². The first kappa shape index (κ1) is 13.5. The standard InChI is InChI=1S/C11H18N6O2/c1-8(2)5-12-6-10-15-16-11(19-10)13-4-3-9-14-7-18-17-9/h7-8,12H,3-6H2,1-2H3,(H,13,16). The molecule has 2 aromatic heterocycles. The first-order chi connectivity index (χ1) is 9.24. The minimum Gasteiger partial charge on any atom is -0.407 e. The summed E-state index contributed by atoms with van der Waals surface area (Å²) in [6.45, 7) is 6.40. The Labute approximate surface area is 111 Å². The highest BCUT2D eigenvalue weighted by Gasteiger charge is 2.06. The summed E-state index contributed by atoms with van der Waals surface area (Å²) < 4.78 is 10.1. The molecule has 0 aromatic carbocycles. The van der Waals surface area contributed by atoms with E-state index in [0.29, 0.717) is 43.2 Å². The molecule has 0 fully saturated rings. The molecule has 2 rings (SSSR count). The van der Waals surface area contributed by atoms with Gasteiger partial charge in [-0.3, -0.25) is 0 Å². The number of rotatable bonds is 8. The Kier molecular flexibility index (Phi) is 4.85. The van der Waals surface area contributed by atoms with Crippen LogP contribution in [0.15, 0.2) is 15.3 Å². The van der Waals surface area contributed by atoms with Crippen LogP contribution in [0.3, 0.4) is 0 Å². The molecule has 0 aliphatic rings. The summed E-state index contributed by atoms with van der Waals surface area (Å²) >= 11 is 0. The zero-order valence-electron chi connectivity index (χ0n) is 11.1. The molecule has 0 radical (unpaired) electrons. The first-order valence-electron chi connectivity index (χ1n) is 6.26. The fourth-order valence-electron chi connectivity index (χ4n) is 1.45. The van der Waals surface area contributed by atoms with Crippen molar-refractivity contribution in [3.63, 3.8) is 0 Å². The molecule has 8 nitrogen and oxygen atoms in total. The second-order valence-electron chi connectivity index (χ2n) is 4.55. The molecule has 104 valence electrons. The number of aromatic nitrogens is 4. The van der Waals surface area contributed by atoms with Crippen molar-refractivity contribution in [1.82, 2.24) is 25.7 Å². The smallest absolute Gasteiger partial charge is 0.315 e. The van der Waals surface area contributed by atoms with Gasteiger partial charge in [-0.2, -0.15) is 4.98 Å². The number of nitrogens with one attached hydrogen (secondary N) is 2. The van der Waals surface area contributed by atoms with Crippen LogP contribution < -0.4 is 10.6 Å². The highest BCUT2D eigenvalue weighted by Crippen LogP contribution is 2.05. The lowest BCUT2D eigenvalue weighted by molar-refractivity contribution is 0.410. The quantitative estimate of drug-likeness (QED) is 0.725. The molecule has 0 bridgehead atoms. The summed E-state index contributed by atoms with van der Waals surface area (Å²) in [6.07, 6.45) is 1.94. The maximum atomic E-state index is 5.42. The first-order valence-corrected chi connectivity index (χ1v) is 6.26. The Morgan fingerprint density at radius 3 is 2.95 bits per heavy atom. The van der Waals surface area contributed by atoms with Gasteiger partial charge in [-0.1, -0.05) is 24.1 Å². The van der Waals surface area contributed by atoms with Gasteiger partial charge in [-0.25, -0.2) is 0 Å². The average molecular weight is 266 g/mol. The van der Waals surface area contributed by atoms with Crippen LogP contribution >= 0.6 is 0 Å². The number of hydrogen-bond donors (Lipinski definition) is 2. The van der Waals surface area contributed by atoms with Gasteiger partial charge in [0, 0.05) is 13.0 Å². The highest BCUT2D eigenvalue weighted by molar-refractivity contribution is 5.16. The van der Waals surface area contributed by atoms with E-state index >= 15 is 0 Å². The summed E-state index contributed by atoms with van der Waals surface area (Å²) in [5.74, 6) is 1.81. The average Bonchev–Trinajstić information content (AvgIpc) is 3.00. The Hall–Kier alpha value is -1.96. The van der Waals surface area contributed by atoms with Gasteiger partial charge in [0.1, 0.15) is 0 Å². The normalized spacial score (nSPS) is 11.1. The van der Waals surface area contributed by atoms with E-state index in [1.807, 2.05) is 0 Å². The maximum Gasteiger partial charge on any atom is 0.315 e. The third-order valence-electron chi connectivity index (χ3n) is 2.33. The Balaban J connectivity index is 1.68. The van der Waals surface area contributed by atoms with Crippen LogP contribution in [0.1, 0.15) is 25.6 Å². The number of hydrogen-bond acceptors (Lipinski definition) is 8. The molecule has 0 saturated carbocycles. The van der Waals surface area contributed by atoms with Crippen molar-refractivity contribution in [3.8, 4) is 0 Å². The van der Waals surface area contributed by atoms with Gasteiger partial charge < -0.3 is 19.6 Å². The van der Waals surface area contributed by atoms with Crippen LogP contribution in [0.25, 0.3) is 0 Å². The zero-order valence-corrected chi connectivity index (χ0v) is 11.1. The van der Waals surface area contributed by atoms with Crippen molar-refractivity contribution in [3.05, 3.63) is 18.1 Å². The molecule has 0 amide bonds. The summed E-state index contributed by atoms with van der Waals surface area (Å²) in [7, 11) is 0. The van der Waals surface area contributed by atoms with Crippen LogP contribution in [0.2, 0.25) is 0 Å². The van der Waals surface area contributed by atoms with Crippen LogP contribution in [-0.4, -0.2) is 33.4 Å². The second kappa shape index (κ2) is 6.83. The molecule has 0 aliphatic heterocycles. The molecule has 0 aliphatic carbocycles. The van der Waals surface area contributed by atoms with Gasteiger partial charge in [-0.15, -0.1) is 5.10 Å². The van der Waals surface area contributed by atoms with Crippen molar-refractivity contribution < 1.29 is 8.94 Å². The summed E-state index contributed by atoms with van der Waals surface area (Å²) in [5, 5.41) is 17.8. The largest absolute Gasteiger partial charge is 0.407 e. The second-order valence-corrected chi connectivity index (χ2v) is 4.55. The Morgan fingerprint density at radius 2 is 2.21 bits per heavy atom. The number of nitrogens with zero attached hydrogens (tertiary/aromatic N) is 4. The van der Waals surface area contributed by atoms with Crippen LogP contribution in [0, 0.1) is 5.92 Å². The topological polar surface area (TPSA) is 102 Å². The highest BCUT2D eigenvalue weighted by atomic mass is 16.5. The molecule has 8 heteroatoms. The maximum absolute atomic E-state index is 5.42. The SMILES string of the molecule is CC(C)CNCc1nnc(NCCc2ncon2)o1. The van der Waals surface area contributed by atoms with Gasteiger partial charge >= 0.3 is 6.01 Å². The van der Waals surface area contributed by atoms with Crippen molar-refractivity contribution in [2.24, 2.45) is 5.92 Å². The molecule has 0 unspecified atom stereocenters. The van der Waals surface area contributed by atoms with E-state index in [1.165, 1.54) is 6.39 Å². The monoisotopic (exact) mass is 266 g/mol. The summed E-state index contributed by atoms with van der Waals surface area (Å²) in [6, 6.07) is 0.407. The fourth-order valence-corrected chi connectivity index (χ4v) is 1.45. The van der Waals surface area contributed by atoms with Gasteiger partial charge in [0.2, 0.25) is 12.3 Å². The molecule has 2 heterocycles. The summed E-state index contributed by atoms with van der Waals surface area (Å²) in [4.78, 5) is 3.92. The molecule has 2 N–H and O–H groups in total. The van der Waals surface area contributed by atoms with Crippen molar-refractivity contribution in [1.29, 1.82) is 0 Å². The minimum atomic E-state index is 0.407. The van der Waals surface area contributed by atoms with E-state index in [2.05, 4.69) is 49.3 Å². The molecule has 0 spiro atoms. The molecule has 0 atom stereocenters. The Morgan fingerprint density at radius 1 is 1.32 bits per heavy atom. The lowest BCUT2D eigenvalue weighted by Gasteiger charge is -2.03. The molecular formula is C11H18N6O2. The Bertz CT molecular complexity index is 467. The molecule has 19 heavy (non-hydrogen) atoms. The van der Waals surface area contributed by atoms with Crippen molar-refractivity contribution in [2.45, 2.75) is 26.8 Å². The van der Waals surface area contributed by atoms with Gasteiger partial charge in [0.25, 0.3) is 0 Å². The van der Waals surface area contributed by atoms with Crippen molar-refractivity contribution in [2.75, 3.05) is 18.4 Å². The van der Waals surface area contributed by atoms with E-state index in [1.54, 1.807) is 0 Å². The lowest BCUT2D eigenvalue weighted by atomic mass is 10.2. The van der Waals surface area contributed by atoms with Crippen LogP contribution in [0.5, 0.6) is 0 Å². The molecular weight excluding hydrogens is 248 g/mol. The third kappa shape index (κ3) is 4.66. The molecule has 0 saturated heterocycles. The van der Waals surface area contributed by atoms with E-state index in [-0.39, 0.29) is 0 Å². The fraction of sp³-hybridized carbons (Fsp3) is 0.636. The third-order valence-corrected chi connectivity index (χ3v) is 2.33. The van der Waals surface area contributed by atoms with Gasteiger partial charge in [0.15, 0.2) is 5.82 Å². The van der Waals surface area contributed by atoms with E-state index in [4.69, 9.17) is 4.42 Å². The lowest BCUT2D eigenvalue weighted by Crippen LogP contribution is -2.19. The van der Waals surface area contributed by atoms with E-state index in [9.17, 15) is 0 Å². The predicted molar refractivity (Wildman–Crippen MR) is 67.3 cm³/mol. The van der Waals surface area contributed by atoms with Gasteiger partial charge in [-0.05, 0) is 12.5 Å². The number of anilines is 1. The van der Waals surface area contributed by atoms with Crippen LogP contribution in [0.4, 0.5) is 6.01 Å². The van der Waals surface area contributed by atoms with E-state index < -0.39 is 0 Å².